The van der Waals surface area contributed by atoms with Gasteiger partial charge in [-0.05, 0) is 49.2 Å². The summed E-state index contributed by atoms with van der Waals surface area (Å²) < 4.78 is 1.91. The van der Waals surface area contributed by atoms with Gasteiger partial charge in [-0.25, -0.2) is 14.8 Å². The average molecular weight is 316 g/mol. The van der Waals surface area contributed by atoms with E-state index in [1.807, 2.05) is 36.6 Å². The van der Waals surface area contributed by atoms with Crippen LogP contribution in [0.5, 0.6) is 0 Å². The lowest BCUT2D eigenvalue weighted by Gasteiger charge is -2.10. The highest BCUT2D eigenvalue weighted by Gasteiger charge is 2.13. The maximum atomic E-state index is 11.1. The van der Waals surface area contributed by atoms with Crippen LogP contribution in [-0.4, -0.2) is 25.6 Å². The number of pyridine rings is 1. The van der Waals surface area contributed by atoms with Gasteiger partial charge in [-0.15, -0.1) is 0 Å². The second-order valence-electron chi connectivity index (χ2n) is 5.16. The largest absolute Gasteiger partial charge is 0.477 e. The summed E-state index contributed by atoms with van der Waals surface area (Å²) in [7, 11) is 0. The van der Waals surface area contributed by atoms with Gasteiger partial charge in [-0.2, -0.15) is 0 Å². The summed E-state index contributed by atoms with van der Waals surface area (Å²) in [6, 6.07) is 8.86. The molecule has 0 bridgehead atoms. The molecule has 1 aromatic carbocycles. The van der Waals surface area contributed by atoms with Crippen molar-refractivity contribution in [3.05, 3.63) is 58.0 Å². The minimum absolute atomic E-state index is 0.0153. The van der Waals surface area contributed by atoms with Crippen molar-refractivity contribution in [3.8, 4) is 0 Å². The number of aromatic nitrogens is 3. The second-order valence-corrected chi connectivity index (χ2v) is 5.60. The molecule has 0 saturated carbocycles. The Kier molecular flexibility index (Phi) is 3.58. The van der Waals surface area contributed by atoms with Gasteiger partial charge in [0.15, 0.2) is 11.3 Å². The number of hydrogen-bond donors (Lipinski definition) is 1. The van der Waals surface area contributed by atoms with Gasteiger partial charge in [0, 0.05) is 5.02 Å². The number of fused-ring (bicyclic) bond motifs is 1. The first-order valence-electron chi connectivity index (χ1n) is 6.78. The van der Waals surface area contributed by atoms with E-state index in [1.54, 1.807) is 6.07 Å². The standard InChI is InChI=1S/C16H14ClN3O2/c1-9-7-12(17)4-3-11(9)8-20-10(2)18-13-5-6-14(16(21)22)19-15(13)20/h3-7H,8H2,1-2H3,(H,21,22). The monoisotopic (exact) mass is 315 g/mol. The maximum Gasteiger partial charge on any atom is 0.354 e. The Balaban J connectivity index is 2.11. The van der Waals surface area contributed by atoms with Crippen LogP contribution in [0.1, 0.15) is 27.4 Å². The summed E-state index contributed by atoms with van der Waals surface area (Å²) in [6.45, 7) is 4.44. The van der Waals surface area contributed by atoms with E-state index in [9.17, 15) is 4.79 Å². The third kappa shape index (κ3) is 2.55. The first-order valence-corrected chi connectivity index (χ1v) is 7.15. The zero-order valence-electron chi connectivity index (χ0n) is 12.2. The van der Waals surface area contributed by atoms with Crippen LogP contribution in [0.15, 0.2) is 30.3 Å². The van der Waals surface area contributed by atoms with E-state index in [0.29, 0.717) is 22.7 Å². The van der Waals surface area contributed by atoms with Crippen LogP contribution in [0.4, 0.5) is 0 Å². The quantitative estimate of drug-likeness (QED) is 0.803. The number of aryl methyl sites for hydroxylation is 2. The molecule has 0 aliphatic rings. The van der Waals surface area contributed by atoms with E-state index < -0.39 is 5.97 Å². The third-order valence-corrected chi connectivity index (χ3v) is 3.87. The molecule has 0 aliphatic heterocycles. The number of benzene rings is 1. The highest BCUT2D eigenvalue weighted by molar-refractivity contribution is 6.30. The molecular weight excluding hydrogens is 302 g/mol. The van der Waals surface area contributed by atoms with E-state index in [-0.39, 0.29) is 5.69 Å². The molecule has 0 spiro atoms. The first kappa shape index (κ1) is 14.5. The molecular formula is C16H14ClN3O2. The molecule has 0 unspecified atom stereocenters. The van der Waals surface area contributed by atoms with E-state index in [4.69, 9.17) is 16.7 Å². The van der Waals surface area contributed by atoms with Gasteiger partial charge in [0.2, 0.25) is 0 Å². The summed E-state index contributed by atoms with van der Waals surface area (Å²) in [5.74, 6) is -0.255. The fourth-order valence-corrected chi connectivity index (χ4v) is 2.66. The van der Waals surface area contributed by atoms with Crippen molar-refractivity contribution < 1.29 is 9.90 Å². The predicted molar refractivity (Wildman–Crippen MR) is 84.5 cm³/mol. The number of carboxylic acid groups (broad SMARTS) is 1. The van der Waals surface area contributed by atoms with Crippen molar-refractivity contribution in [3.63, 3.8) is 0 Å². The van der Waals surface area contributed by atoms with E-state index in [0.717, 1.165) is 17.0 Å². The zero-order chi connectivity index (χ0) is 15.9. The van der Waals surface area contributed by atoms with Gasteiger partial charge >= 0.3 is 5.97 Å². The number of rotatable bonds is 3. The molecule has 3 rings (SSSR count). The molecule has 0 fully saturated rings. The minimum Gasteiger partial charge on any atom is -0.477 e. The fourth-order valence-electron chi connectivity index (χ4n) is 2.43. The third-order valence-electron chi connectivity index (χ3n) is 3.64. The van der Waals surface area contributed by atoms with E-state index in [2.05, 4.69) is 9.97 Å². The van der Waals surface area contributed by atoms with Gasteiger partial charge in [0.05, 0.1) is 6.54 Å². The topological polar surface area (TPSA) is 68.0 Å². The maximum absolute atomic E-state index is 11.1. The van der Waals surface area contributed by atoms with Gasteiger partial charge < -0.3 is 9.67 Å². The molecule has 112 valence electrons. The highest BCUT2D eigenvalue weighted by atomic mass is 35.5. The Morgan fingerprint density at radius 3 is 2.68 bits per heavy atom. The Morgan fingerprint density at radius 1 is 1.23 bits per heavy atom. The van der Waals surface area contributed by atoms with Gasteiger partial charge in [-0.3, -0.25) is 0 Å². The van der Waals surface area contributed by atoms with E-state index in [1.165, 1.54) is 6.07 Å². The number of carbonyl (C=O) groups is 1. The number of nitrogens with zero attached hydrogens (tertiary/aromatic N) is 3. The second kappa shape index (κ2) is 5.42. The number of aromatic carboxylic acids is 1. The number of imidazole rings is 1. The first-order chi connectivity index (χ1) is 10.5. The summed E-state index contributed by atoms with van der Waals surface area (Å²) in [5, 5.41) is 9.79. The molecule has 22 heavy (non-hydrogen) atoms. The number of carboxylic acids is 1. The van der Waals surface area contributed by atoms with Crippen molar-refractivity contribution in [1.29, 1.82) is 0 Å². The van der Waals surface area contributed by atoms with Crippen LogP contribution in [-0.2, 0) is 6.54 Å². The normalized spacial score (nSPS) is 11.0. The van der Waals surface area contributed by atoms with Crippen LogP contribution in [0.3, 0.4) is 0 Å². The van der Waals surface area contributed by atoms with Crippen LogP contribution in [0, 0.1) is 13.8 Å². The van der Waals surface area contributed by atoms with Crippen LogP contribution in [0.25, 0.3) is 11.2 Å². The minimum atomic E-state index is -1.05. The molecule has 2 heterocycles. The Hall–Kier alpha value is -2.40. The lowest BCUT2D eigenvalue weighted by atomic mass is 10.1. The van der Waals surface area contributed by atoms with Gasteiger partial charge in [0.25, 0.3) is 0 Å². The Bertz CT molecular complexity index is 886. The molecule has 6 heteroatoms. The Morgan fingerprint density at radius 2 is 2.00 bits per heavy atom. The average Bonchev–Trinajstić information content (AvgIpc) is 2.77. The molecule has 2 aromatic heterocycles. The van der Waals surface area contributed by atoms with E-state index >= 15 is 0 Å². The summed E-state index contributed by atoms with van der Waals surface area (Å²) >= 11 is 5.98. The molecule has 1 N–H and O–H groups in total. The number of halogens is 1. The van der Waals surface area contributed by atoms with Crippen LogP contribution >= 0.6 is 11.6 Å². The van der Waals surface area contributed by atoms with Crippen molar-refractivity contribution in [1.82, 2.24) is 14.5 Å². The van der Waals surface area contributed by atoms with Gasteiger partial charge in [-0.1, -0.05) is 17.7 Å². The lowest BCUT2D eigenvalue weighted by Crippen LogP contribution is -2.06. The number of hydrogen-bond acceptors (Lipinski definition) is 3. The Labute approximate surface area is 132 Å². The predicted octanol–water partition coefficient (Wildman–Crippen LogP) is 3.45. The molecule has 0 amide bonds. The molecule has 0 atom stereocenters. The van der Waals surface area contributed by atoms with Crippen molar-refractivity contribution in [2.45, 2.75) is 20.4 Å². The summed E-state index contributed by atoms with van der Waals surface area (Å²) in [5.41, 5.74) is 3.44. The summed E-state index contributed by atoms with van der Waals surface area (Å²) in [4.78, 5) is 19.8. The molecule has 0 saturated heterocycles. The zero-order valence-corrected chi connectivity index (χ0v) is 12.9. The highest BCUT2D eigenvalue weighted by Crippen LogP contribution is 2.20. The van der Waals surface area contributed by atoms with Crippen LogP contribution < -0.4 is 0 Å². The SMILES string of the molecule is Cc1cc(Cl)ccc1Cn1c(C)nc2ccc(C(=O)O)nc21. The molecule has 0 aliphatic carbocycles. The van der Waals surface area contributed by atoms with Crippen LogP contribution in [0.2, 0.25) is 5.02 Å². The van der Waals surface area contributed by atoms with Crippen molar-refractivity contribution in [2.24, 2.45) is 0 Å². The van der Waals surface area contributed by atoms with Crippen molar-refractivity contribution in [2.75, 3.05) is 0 Å². The summed E-state index contributed by atoms with van der Waals surface area (Å²) in [6.07, 6.45) is 0. The van der Waals surface area contributed by atoms with Crippen molar-refractivity contribution >= 4 is 28.7 Å². The smallest absolute Gasteiger partial charge is 0.354 e. The molecule has 5 nitrogen and oxygen atoms in total. The molecule has 0 radical (unpaired) electrons. The fraction of sp³-hybridized carbons (Fsp3) is 0.188. The molecule has 3 aromatic rings. The van der Waals surface area contributed by atoms with Gasteiger partial charge in [0.1, 0.15) is 11.3 Å². The lowest BCUT2D eigenvalue weighted by molar-refractivity contribution is 0.0691.